The molecule has 1 atom stereocenters. The van der Waals surface area contributed by atoms with Gasteiger partial charge in [-0.05, 0) is 46.7 Å². The number of nitrogens with one attached hydrogen (secondary N) is 2. The van der Waals surface area contributed by atoms with Gasteiger partial charge < -0.3 is 15.5 Å². The third-order valence-corrected chi connectivity index (χ3v) is 5.57. The Hall–Kier alpha value is -0.610. The normalized spacial score (nSPS) is 24.2. The fourth-order valence-electron chi connectivity index (χ4n) is 3.82. The van der Waals surface area contributed by atoms with E-state index in [9.17, 15) is 4.79 Å². The highest BCUT2D eigenvalue weighted by molar-refractivity contribution is 5.81. The Morgan fingerprint density at radius 3 is 2.33 bits per heavy atom. The van der Waals surface area contributed by atoms with Crippen LogP contribution in [0.3, 0.4) is 0 Å². The number of likely N-dealkylation sites (N-methyl/N-ethyl adjacent to an activating group) is 1. The fourth-order valence-corrected chi connectivity index (χ4v) is 3.82. The molecule has 0 aromatic heterocycles. The molecule has 1 amide bonds. The lowest BCUT2D eigenvalue weighted by molar-refractivity contribution is -0.123. The summed E-state index contributed by atoms with van der Waals surface area (Å²) < 4.78 is 0. The molecule has 2 aliphatic carbocycles. The monoisotopic (exact) mass is 295 g/mol. The molecular weight excluding hydrogens is 262 g/mol. The number of hydrogen-bond acceptors (Lipinski definition) is 3. The van der Waals surface area contributed by atoms with Crippen molar-refractivity contribution < 1.29 is 4.79 Å². The highest BCUT2D eigenvalue weighted by Crippen LogP contribution is 2.33. The molecule has 0 radical (unpaired) electrons. The number of nitrogens with zero attached hydrogens (tertiary/aromatic N) is 1. The minimum atomic E-state index is -0.0932. The zero-order valence-corrected chi connectivity index (χ0v) is 14.1. The Bertz CT molecular complexity index is 331. The molecule has 0 aromatic rings. The standard InChI is InChI=1S/C17H33N3O/c1-14(16(21)19-15-9-5-4-6-10-15)18-13-17(20(2)3)11-7-8-12-17/h14-15,18H,4-13H2,1-3H3,(H,19,21). The summed E-state index contributed by atoms with van der Waals surface area (Å²) in [4.78, 5) is 14.6. The smallest absolute Gasteiger partial charge is 0.237 e. The lowest BCUT2D eigenvalue weighted by Gasteiger charge is -2.37. The highest BCUT2D eigenvalue weighted by atomic mass is 16.2. The van der Waals surface area contributed by atoms with Crippen LogP contribution in [0.4, 0.5) is 0 Å². The lowest BCUT2D eigenvalue weighted by atomic mass is 9.94. The maximum absolute atomic E-state index is 12.3. The van der Waals surface area contributed by atoms with Gasteiger partial charge in [0.05, 0.1) is 6.04 Å². The molecule has 2 rings (SSSR count). The van der Waals surface area contributed by atoms with Crippen molar-refractivity contribution in [2.75, 3.05) is 20.6 Å². The number of carbonyl (C=O) groups is 1. The van der Waals surface area contributed by atoms with Gasteiger partial charge in [0.2, 0.25) is 5.91 Å². The van der Waals surface area contributed by atoms with Gasteiger partial charge in [0, 0.05) is 18.1 Å². The first-order valence-electron chi connectivity index (χ1n) is 8.75. The maximum Gasteiger partial charge on any atom is 0.237 e. The summed E-state index contributed by atoms with van der Waals surface area (Å²) in [7, 11) is 4.33. The highest BCUT2D eigenvalue weighted by Gasteiger charge is 2.36. The van der Waals surface area contributed by atoms with E-state index in [4.69, 9.17) is 0 Å². The molecule has 122 valence electrons. The van der Waals surface area contributed by atoms with Crippen molar-refractivity contribution in [3.05, 3.63) is 0 Å². The summed E-state index contributed by atoms with van der Waals surface area (Å²) >= 11 is 0. The van der Waals surface area contributed by atoms with Crippen molar-refractivity contribution in [3.63, 3.8) is 0 Å². The van der Waals surface area contributed by atoms with Crippen LogP contribution in [-0.4, -0.2) is 49.1 Å². The summed E-state index contributed by atoms with van der Waals surface area (Å²) in [5, 5.41) is 6.70. The van der Waals surface area contributed by atoms with Crippen molar-refractivity contribution in [1.29, 1.82) is 0 Å². The van der Waals surface area contributed by atoms with Crippen molar-refractivity contribution in [3.8, 4) is 0 Å². The van der Waals surface area contributed by atoms with Crippen molar-refractivity contribution >= 4 is 5.91 Å². The average Bonchev–Trinajstić information content (AvgIpc) is 2.96. The summed E-state index contributed by atoms with van der Waals surface area (Å²) in [6.07, 6.45) is 11.2. The summed E-state index contributed by atoms with van der Waals surface area (Å²) in [5.74, 6) is 0.175. The number of carbonyl (C=O) groups excluding carboxylic acids is 1. The van der Waals surface area contributed by atoms with E-state index in [1.165, 1.54) is 44.9 Å². The van der Waals surface area contributed by atoms with Crippen molar-refractivity contribution in [1.82, 2.24) is 15.5 Å². The van der Waals surface area contributed by atoms with Crippen LogP contribution in [0.5, 0.6) is 0 Å². The zero-order valence-electron chi connectivity index (χ0n) is 14.1. The van der Waals surface area contributed by atoms with Gasteiger partial charge in [-0.25, -0.2) is 0 Å². The molecular formula is C17H33N3O. The molecule has 4 nitrogen and oxygen atoms in total. The lowest BCUT2D eigenvalue weighted by Crippen LogP contribution is -2.54. The van der Waals surface area contributed by atoms with Crippen LogP contribution in [0, 0.1) is 0 Å². The molecule has 0 heterocycles. The Balaban J connectivity index is 1.77. The Morgan fingerprint density at radius 1 is 1.14 bits per heavy atom. The molecule has 2 aliphatic rings. The minimum Gasteiger partial charge on any atom is -0.352 e. The quantitative estimate of drug-likeness (QED) is 0.790. The molecule has 2 N–H and O–H groups in total. The first-order chi connectivity index (χ1) is 10.0. The molecule has 0 aromatic carbocycles. The van der Waals surface area contributed by atoms with Crippen LogP contribution in [0.15, 0.2) is 0 Å². The third-order valence-electron chi connectivity index (χ3n) is 5.57. The molecule has 0 bridgehead atoms. The number of amides is 1. The molecule has 0 saturated heterocycles. The Kier molecular flexibility index (Phi) is 6.06. The molecule has 4 heteroatoms. The average molecular weight is 295 g/mol. The number of hydrogen-bond donors (Lipinski definition) is 2. The second kappa shape index (κ2) is 7.59. The van der Waals surface area contributed by atoms with E-state index in [-0.39, 0.29) is 17.5 Å². The second-order valence-corrected chi connectivity index (χ2v) is 7.27. The van der Waals surface area contributed by atoms with Crippen LogP contribution in [0.25, 0.3) is 0 Å². The van der Waals surface area contributed by atoms with Crippen molar-refractivity contribution in [2.24, 2.45) is 0 Å². The first-order valence-corrected chi connectivity index (χ1v) is 8.75. The van der Waals surface area contributed by atoms with E-state index in [2.05, 4.69) is 29.6 Å². The van der Waals surface area contributed by atoms with E-state index in [1.807, 2.05) is 6.92 Å². The van der Waals surface area contributed by atoms with Gasteiger partial charge in [-0.2, -0.15) is 0 Å². The van der Waals surface area contributed by atoms with Crippen LogP contribution < -0.4 is 10.6 Å². The van der Waals surface area contributed by atoms with Crippen LogP contribution in [0.1, 0.15) is 64.7 Å². The Labute approximate surface area is 130 Å². The van der Waals surface area contributed by atoms with E-state index in [1.54, 1.807) is 0 Å². The molecule has 21 heavy (non-hydrogen) atoms. The second-order valence-electron chi connectivity index (χ2n) is 7.27. The number of rotatable bonds is 6. The largest absolute Gasteiger partial charge is 0.352 e. The predicted octanol–water partition coefficient (Wildman–Crippen LogP) is 2.29. The first kappa shape index (κ1) is 16.8. The van der Waals surface area contributed by atoms with Gasteiger partial charge in [-0.3, -0.25) is 4.79 Å². The SMILES string of the molecule is CC(NCC1(N(C)C)CCCC1)C(=O)NC1CCCCC1. The van der Waals surface area contributed by atoms with Gasteiger partial charge in [0.15, 0.2) is 0 Å². The predicted molar refractivity (Wildman–Crippen MR) is 87.4 cm³/mol. The van der Waals surface area contributed by atoms with Crippen LogP contribution >= 0.6 is 0 Å². The van der Waals surface area contributed by atoms with Gasteiger partial charge in [-0.15, -0.1) is 0 Å². The zero-order chi connectivity index (χ0) is 15.3. The fraction of sp³-hybridized carbons (Fsp3) is 0.941. The molecule has 0 aliphatic heterocycles. The van der Waals surface area contributed by atoms with E-state index < -0.39 is 0 Å². The van der Waals surface area contributed by atoms with E-state index in [0.717, 1.165) is 19.4 Å². The van der Waals surface area contributed by atoms with Gasteiger partial charge in [-0.1, -0.05) is 32.1 Å². The summed E-state index contributed by atoms with van der Waals surface area (Å²) in [5.41, 5.74) is 0.249. The molecule has 1 unspecified atom stereocenters. The van der Waals surface area contributed by atoms with Crippen molar-refractivity contribution in [2.45, 2.75) is 82.3 Å². The molecule has 2 fully saturated rings. The van der Waals surface area contributed by atoms with Gasteiger partial charge in [0.1, 0.15) is 0 Å². The summed E-state index contributed by atoms with van der Waals surface area (Å²) in [6.45, 7) is 2.91. The molecule has 2 saturated carbocycles. The van der Waals surface area contributed by atoms with Crippen LogP contribution in [-0.2, 0) is 4.79 Å². The van der Waals surface area contributed by atoms with Crippen LogP contribution in [0.2, 0.25) is 0 Å². The third kappa shape index (κ3) is 4.43. The minimum absolute atomic E-state index is 0.0932. The summed E-state index contributed by atoms with van der Waals surface area (Å²) in [6, 6.07) is 0.314. The maximum atomic E-state index is 12.3. The Morgan fingerprint density at radius 2 is 1.76 bits per heavy atom. The molecule has 0 spiro atoms. The van der Waals surface area contributed by atoms with Gasteiger partial charge >= 0.3 is 0 Å². The van der Waals surface area contributed by atoms with Gasteiger partial charge in [0.25, 0.3) is 0 Å². The van der Waals surface area contributed by atoms with E-state index in [0.29, 0.717) is 6.04 Å². The van der Waals surface area contributed by atoms with E-state index >= 15 is 0 Å². The topological polar surface area (TPSA) is 44.4 Å².